The van der Waals surface area contributed by atoms with E-state index >= 15 is 0 Å². The van der Waals surface area contributed by atoms with E-state index < -0.39 is 0 Å². The number of fused-ring (bicyclic) bond motifs is 1. The molecule has 7 heteroatoms. The second-order valence-corrected chi connectivity index (χ2v) is 10.6. The van der Waals surface area contributed by atoms with E-state index in [9.17, 15) is 9.18 Å². The number of hydrogen-bond acceptors (Lipinski definition) is 4. The molecular formula is C35H47FN4OS. The van der Waals surface area contributed by atoms with E-state index in [4.69, 9.17) is 5.14 Å². The van der Waals surface area contributed by atoms with Crippen LogP contribution in [-0.2, 0) is 24.8 Å². The number of halogens is 1. The molecule has 2 atom stereocenters. The Hall–Kier alpha value is -3.42. The standard InChI is InChI=1S/C25H29N3O.C6H6FNS.2C2H6/c1-18-9-10-21-16-22(11-12-23(18)21)28(17-24-26-13-14-27(24)3)25(29)15-19(2)20-7-5-4-6-8-20;7-5-2-1-3-6(4-5)9-8;2*1-2/h4-8,11-14,16,18-19H,9-10,15,17H2,1-3H3;1-4H,8H2;2*1-2H3. The number of carbonyl (C=O) groups is 1. The number of anilines is 1. The van der Waals surface area contributed by atoms with Gasteiger partial charge in [0.2, 0.25) is 5.91 Å². The van der Waals surface area contributed by atoms with Crippen LogP contribution in [0.1, 0.15) is 88.7 Å². The van der Waals surface area contributed by atoms with Crippen LogP contribution < -0.4 is 10.0 Å². The van der Waals surface area contributed by atoms with Crippen LogP contribution in [0.4, 0.5) is 10.1 Å². The van der Waals surface area contributed by atoms with Crippen molar-refractivity contribution in [3.63, 3.8) is 0 Å². The van der Waals surface area contributed by atoms with Gasteiger partial charge in [-0.15, -0.1) is 0 Å². The van der Waals surface area contributed by atoms with Crippen molar-refractivity contribution >= 4 is 23.5 Å². The molecule has 1 aliphatic carbocycles. The third-order valence-corrected chi connectivity index (χ3v) is 7.65. The van der Waals surface area contributed by atoms with Crippen molar-refractivity contribution in [1.29, 1.82) is 0 Å². The van der Waals surface area contributed by atoms with Gasteiger partial charge >= 0.3 is 0 Å². The molecule has 2 N–H and O–H groups in total. The summed E-state index contributed by atoms with van der Waals surface area (Å²) in [5, 5.41) is 5.17. The molecule has 1 aliphatic rings. The van der Waals surface area contributed by atoms with Crippen LogP contribution in [-0.4, -0.2) is 15.5 Å². The fourth-order valence-corrected chi connectivity index (χ4v) is 5.15. The van der Waals surface area contributed by atoms with E-state index in [-0.39, 0.29) is 17.6 Å². The van der Waals surface area contributed by atoms with Crippen LogP contribution in [0.2, 0.25) is 0 Å². The number of amides is 1. The van der Waals surface area contributed by atoms with Gasteiger partial charge in [0.25, 0.3) is 0 Å². The van der Waals surface area contributed by atoms with Gasteiger partial charge in [-0.25, -0.2) is 9.37 Å². The molecule has 0 radical (unpaired) electrons. The minimum absolute atomic E-state index is 0.135. The summed E-state index contributed by atoms with van der Waals surface area (Å²) in [6.07, 6.45) is 6.47. The summed E-state index contributed by atoms with van der Waals surface area (Å²) in [6, 6.07) is 23.0. The monoisotopic (exact) mass is 590 g/mol. The topological polar surface area (TPSA) is 64.2 Å². The molecule has 0 saturated heterocycles. The first-order valence-corrected chi connectivity index (χ1v) is 15.8. The Morgan fingerprint density at radius 1 is 1.07 bits per heavy atom. The molecule has 1 amide bonds. The van der Waals surface area contributed by atoms with Crippen molar-refractivity contribution in [2.75, 3.05) is 4.90 Å². The summed E-state index contributed by atoms with van der Waals surface area (Å²) < 4.78 is 14.3. The Balaban J connectivity index is 0.000000399. The molecule has 1 heterocycles. The highest BCUT2D eigenvalue weighted by Gasteiger charge is 2.24. The largest absolute Gasteiger partial charge is 0.337 e. The zero-order chi connectivity index (χ0) is 31.1. The molecular weight excluding hydrogens is 543 g/mol. The summed E-state index contributed by atoms with van der Waals surface area (Å²) in [6.45, 7) is 12.9. The second-order valence-electron chi connectivity index (χ2n) is 9.85. The van der Waals surface area contributed by atoms with Crippen molar-refractivity contribution in [2.45, 2.75) is 84.1 Å². The second kappa shape index (κ2) is 18.2. The smallest absolute Gasteiger partial charge is 0.228 e. The molecule has 42 heavy (non-hydrogen) atoms. The lowest BCUT2D eigenvalue weighted by Gasteiger charge is -2.25. The first-order valence-electron chi connectivity index (χ1n) is 14.9. The number of carbonyl (C=O) groups excluding carboxylic acids is 1. The van der Waals surface area contributed by atoms with Gasteiger partial charge in [0, 0.05) is 36.4 Å². The maximum absolute atomic E-state index is 13.4. The average Bonchev–Trinajstić information content (AvgIpc) is 3.62. The van der Waals surface area contributed by atoms with Crippen LogP contribution in [0, 0.1) is 5.82 Å². The minimum Gasteiger partial charge on any atom is -0.337 e. The Labute approximate surface area is 256 Å². The summed E-state index contributed by atoms with van der Waals surface area (Å²) in [5.74, 6) is 1.55. The number of aromatic nitrogens is 2. The maximum atomic E-state index is 13.4. The number of imidazole rings is 1. The van der Waals surface area contributed by atoms with E-state index in [0.29, 0.717) is 18.9 Å². The van der Waals surface area contributed by atoms with Gasteiger partial charge < -0.3 is 9.47 Å². The van der Waals surface area contributed by atoms with Crippen LogP contribution in [0.5, 0.6) is 0 Å². The van der Waals surface area contributed by atoms with Crippen molar-refractivity contribution < 1.29 is 9.18 Å². The number of nitrogens with zero attached hydrogens (tertiary/aromatic N) is 3. The molecule has 1 aromatic heterocycles. The van der Waals surface area contributed by atoms with Crippen LogP contribution in [0.3, 0.4) is 0 Å². The Bertz CT molecular complexity index is 1360. The van der Waals surface area contributed by atoms with E-state index in [0.717, 1.165) is 34.8 Å². The maximum Gasteiger partial charge on any atom is 0.228 e. The van der Waals surface area contributed by atoms with Gasteiger partial charge in [0.15, 0.2) is 0 Å². The first-order chi connectivity index (χ1) is 20.4. The van der Waals surface area contributed by atoms with Crippen LogP contribution in [0.25, 0.3) is 0 Å². The number of nitrogens with two attached hydrogens (primary N) is 1. The lowest BCUT2D eigenvalue weighted by atomic mass is 9.97. The summed E-state index contributed by atoms with van der Waals surface area (Å²) >= 11 is 1.04. The molecule has 4 aromatic rings. The van der Waals surface area contributed by atoms with E-state index in [1.165, 1.54) is 35.2 Å². The number of hydrogen-bond donors (Lipinski definition) is 1. The fraction of sp³-hybridized carbons (Fsp3) is 0.371. The number of aryl methyl sites for hydroxylation is 2. The van der Waals surface area contributed by atoms with E-state index in [1.54, 1.807) is 18.3 Å². The summed E-state index contributed by atoms with van der Waals surface area (Å²) in [7, 11) is 1.97. The SMILES string of the molecule is CC.CC.CC(CC(=O)N(Cc1nccn1C)c1ccc2c(c1)CCC2C)c1ccccc1.NSc1cccc(F)c1. The van der Waals surface area contributed by atoms with Gasteiger partial charge in [-0.2, -0.15) is 0 Å². The molecule has 0 spiro atoms. The number of rotatable bonds is 7. The van der Waals surface area contributed by atoms with E-state index in [1.807, 2.05) is 68.6 Å². The molecule has 5 nitrogen and oxygen atoms in total. The molecule has 0 bridgehead atoms. The zero-order valence-corrected chi connectivity index (χ0v) is 27.0. The molecule has 0 aliphatic heterocycles. The molecule has 5 rings (SSSR count). The minimum atomic E-state index is -0.245. The lowest BCUT2D eigenvalue weighted by Crippen LogP contribution is -2.32. The van der Waals surface area contributed by atoms with Crippen molar-refractivity contribution in [3.05, 3.63) is 114 Å². The molecule has 0 saturated carbocycles. The van der Waals surface area contributed by atoms with Crippen molar-refractivity contribution in [3.8, 4) is 0 Å². The lowest BCUT2D eigenvalue weighted by molar-refractivity contribution is -0.119. The Morgan fingerprint density at radius 2 is 1.79 bits per heavy atom. The third-order valence-electron chi connectivity index (χ3n) is 7.12. The van der Waals surface area contributed by atoms with Gasteiger partial charge in [-0.1, -0.05) is 84.0 Å². The van der Waals surface area contributed by atoms with Crippen molar-refractivity contribution in [1.82, 2.24) is 9.55 Å². The Morgan fingerprint density at radius 3 is 2.38 bits per heavy atom. The Kier molecular flexibility index (Phi) is 15.1. The first kappa shape index (κ1) is 34.8. The van der Waals surface area contributed by atoms with Crippen LogP contribution in [0.15, 0.2) is 90.1 Å². The van der Waals surface area contributed by atoms with Crippen LogP contribution >= 0.6 is 11.9 Å². The van der Waals surface area contributed by atoms with Gasteiger partial charge in [0.05, 0.1) is 6.54 Å². The molecule has 3 aromatic carbocycles. The molecule has 226 valence electrons. The highest BCUT2D eigenvalue weighted by atomic mass is 32.2. The van der Waals surface area contributed by atoms with Gasteiger partial charge in [-0.3, -0.25) is 9.93 Å². The summed E-state index contributed by atoms with van der Waals surface area (Å²) in [4.78, 5) is 20.5. The fourth-order valence-electron chi connectivity index (χ4n) is 4.81. The predicted octanol–water partition coefficient (Wildman–Crippen LogP) is 9.04. The highest BCUT2D eigenvalue weighted by molar-refractivity contribution is 7.97. The predicted molar refractivity (Wildman–Crippen MR) is 176 cm³/mol. The average molecular weight is 591 g/mol. The van der Waals surface area contributed by atoms with E-state index in [2.05, 4.69) is 49.2 Å². The van der Waals surface area contributed by atoms with Gasteiger partial charge in [0.1, 0.15) is 11.6 Å². The summed E-state index contributed by atoms with van der Waals surface area (Å²) in [5.41, 5.74) is 4.98. The number of benzene rings is 3. The highest BCUT2D eigenvalue weighted by Crippen LogP contribution is 2.35. The quantitative estimate of drug-likeness (QED) is 0.218. The third kappa shape index (κ3) is 9.85. The van der Waals surface area contributed by atoms with Gasteiger partial charge in [-0.05, 0) is 83.6 Å². The van der Waals surface area contributed by atoms with Crippen molar-refractivity contribution in [2.24, 2.45) is 12.2 Å². The normalized spacial score (nSPS) is 13.7. The molecule has 2 unspecified atom stereocenters. The zero-order valence-electron chi connectivity index (χ0n) is 26.2. The molecule has 0 fully saturated rings.